The van der Waals surface area contributed by atoms with E-state index in [4.69, 9.17) is 15.4 Å². The molecule has 1 aliphatic rings. The molecule has 0 fully saturated rings. The maximum Gasteiger partial charge on any atom is 0.265 e. The van der Waals surface area contributed by atoms with Crippen molar-refractivity contribution in [2.75, 3.05) is 6.61 Å². The van der Waals surface area contributed by atoms with Gasteiger partial charge < -0.3 is 4.74 Å². The lowest BCUT2D eigenvalue weighted by atomic mass is 10.0. The highest BCUT2D eigenvalue weighted by Crippen LogP contribution is 2.35. The molecule has 0 unspecified atom stereocenters. The van der Waals surface area contributed by atoms with E-state index in [0.29, 0.717) is 0 Å². The summed E-state index contributed by atoms with van der Waals surface area (Å²) in [7, 11) is 1.10. The lowest BCUT2D eigenvalue weighted by molar-refractivity contribution is 0.0925. The molecule has 7 heteroatoms. The number of ether oxygens (including phenoxy) is 1. The zero-order chi connectivity index (χ0) is 11.9. The van der Waals surface area contributed by atoms with E-state index in [-0.39, 0.29) is 29.2 Å². The molecule has 0 radical (unpaired) electrons. The molecule has 1 heterocycles. The number of ketones is 1. The summed E-state index contributed by atoms with van der Waals surface area (Å²) in [5, 5.41) is 0. The van der Waals surface area contributed by atoms with E-state index in [9.17, 15) is 17.6 Å². The topological polar surface area (TPSA) is 60.4 Å². The van der Waals surface area contributed by atoms with Crippen molar-refractivity contribution in [3.63, 3.8) is 0 Å². The van der Waals surface area contributed by atoms with E-state index in [2.05, 4.69) is 0 Å². The Morgan fingerprint density at radius 3 is 2.69 bits per heavy atom. The summed E-state index contributed by atoms with van der Waals surface area (Å²) in [5.74, 6) is -1.57. The van der Waals surface area contributed by atoms with Gasteiger partial charge in [-0.25, -0.2) is 12.8 Å². The van der Waals surface area contributed by atoms with Gasteiger partial charge in [0, 0.05) is 17.1 Å². The summed E-state index contributed by atoms with van der Waals surface area (Å²) < 4.78 is 40.7. The number of Topliss-reactive ketones (excluding diaryl/α,β-unsaturated/α-hetero) is 1. The molecule has 0 aliphatic carbocycles. The zero-order valence-corrected chi connectivity index (χ0v) is 9.44. The predicted octanol–water partition coefficient (Wildman–Crippen LogP) is 1.72. The lowest BCUT2D eigenvalue weighted by Gasteiger charge is -2.18. The fourth-order valence-electron chi connectivity index (χ4n) is 1.51. The van der Waals surface area contributed by atoms with E-state index in [1.54, 1.807) is 0 Å². The van der Waals surface area contributed by atoms with Crippen LogP contribution in [0.15, 0.2) is 17.0 Å². The second-order valence-electron chi connectivity index (χ2n) is 3.21. The van der Waals surface area contributed by atoms with Gasteiger partial charge in [0.15, 0.2) is 11.5 Å². The Balaban J connectivity index is 2.77. The van der Waals surface area contributed by atoms with E-state index in [1.165, 1.54) is 0 Å². The van der Waals surface area contributed by atoms with Crippen LogP contribution in [0.1, 0.15) is 16.8 Å². The van der Waals surface area contributed by atoms with Crippen LogP contribution in [0.25, 0.3) is 0 Å². The molecular formula is C9H6ClFO4S. The van der Waals surface area contributed by atoms with Crippen LogP contribution in [-0.2, 0) is 9.05 Å². The van der Waals surface area contributed by atoms with Gasteiger partial charge in [0.1, 0.15) is 10.7 Å². The van der Waals surface area contributed by atoms with Crippen molar-refractivity contribution in [2.45, 2.75) is 11.3 Å². The zero-order valence-electron chi connectivity index (χ0n) is 7.87. The molecule has 2 rings (SSSR count). The molecule has 0 saturated heterocycles. The number of fused-ring (bicyclic) bond motifs is 1. The SMILES string of the molecule is O=C1CCOc2c(S(=O)(=O)Cl)ccc(F)c21. The first-order chi connectivity index (χ1) is 7.41. The fraction of sp³-hybridized carbons (Fsp3) is 0.222. The van der Waals surface area contributed by atoms with Crippen LogP contribution in [0, 0.1) is 5.82 Å². The number of benzene rings is 1. The van der Waals surface area contributed by atoms with Gasteiger partial charge in [0.2, 0.25) is 0 Å². The molecule has 0 amide bonds. The molecule has 16 heavy (non-hydrogen) atoms. The third-order valence-corrected chi connectivity index (χ3v) is 3.53. The lowest BCUT2D eigenvalue weighted by Crippen LogP contribution is -2.18. The standard InChI is InChI=1S/C9H6ClFO4S/c10-16(13,14)7-2-1-5(11)8-6(12)3-4-15-9(7)8/h1-2H,3-4H2. The Hall–Kier alpha value is -1.14. The predicted molar refractivity (Wildman–Crippen MR) is 53.9 cm³/mol. The molecule has 0 N–H and O–H groups in total. The second kappa shape index (κ2) is 3.71. The first-order valence-electron chi connectivity index (χ1n) is 4.34. The van der Waals surface area contributed by atoms with Crippen LogP contribution in [0.5, 0.6) is 5.75 Å². The monoisotopic (exact) mass is 264 g/mol. The largest absolute Gasteiger partial charge is 0.491 e. The van der Waals surface area contributed by atoms with Crippen molar-refractivity contribution in [3.05, 3.63) is 23.5 Å². The molecule has 0 aromatic heterocycles. The first kappa shape index (κ1) is 11.3. The van der Waals surface area contributed by atoms with Gasteiger partial charge in [0.05, 0.1) is 12.2 Å². The number of halogens is 2. The molecule has 4 nitrogen and oxygen atoms in total. The number of hydrogen-bond donors (Lipinski definition) is 0. The quantitative estimate of drug-likeness (QED) is 0.725. The summed E-state index contributed by atoms with van der Waals surface area (Å²) in [5.41, 5.74) is -0.340. The minimum absolute atomic E-state index is 0.0225. The number of rotatable bonds is 1. The van der Waals surface area contributed by atoms with Crippen LogP contribution in [-0.4, -0.2) is 20.8 Å². The van der Waals surface area contributed by atoms with Gasteiger partial charge in [-0.1, -0.05) is 0 Å². The van der Waals surface area contributed by atoms with Crippen molar-refractivity contribution < 1.29 is 22.3 Å². The van der Waals surface area contributed by atoms with Gasteiger partial charge in [-0.15, -0.1) is 0 Å². The maximum absolute atomic E-state index is 13.4. The summed E-state index contributed by atoms with van der Waals surface area (Å²) in [6.07, 6.45) is 0.0235. The number of hydrogen-bond acceptors (Lipinski definition) is 4. The van der Waals surface area contributed by atoms with Crippen LogP contribution in [0.4, 0.5) is 4.39 Å². The van der Waals surface area contributed by atoms with Crippen molar-refractivity contribution >= 4 is 25.5 Å². The normalized spacial score (nSPS) is 15.5. The van der Waals surface area contributed by atoms with Gasteiger partial charge in [-0.05, 0) is 12.1 Å². The van der Waals surface area contributed by atoms with Crippen molar-refractivity contribution in [1.82, 2.24) is 0 Å². The minimum atomic E-state index is -4.06. The van der Waals surface area contributed by atoms with Gasteiger partial charge in [-0.3, -0.25) is 4.79 Å². The molecular weight excluding hydrogens is 259 g/mol. The highest BCUT2D eigenvalue weighted by Gasteiger charge is 2.29. The Labute approximate surface area is 95.4 Å². The molecule has 0 spiro atoms. The summed E-state index contributed by atoms with van der Waals surface area (Å²) in [4.78, 5) is 11.1. The van der Waals surface area contributed by atoms with E-state index < -0.39 is 20.7 Å². The average molecular weight is 265 g/mol. The minimum Gasteiger partial charge on any atom is -0.491 e. The van der Waals surface area contributed by atoms with Gasteiger partial charge in [-0.2, -0.15) is 0 Å². The van der Waals surface area contributed by atoms with Gasteiger partial charge in [0.25, 0.3) is 9.05 Å². The van der Waals surface area contributed by atoms with Crippen molar-refractivity contribution in [2.24, 2.45) is 0 Å². The highest BCUT2D eigenvalue weighted by atomic mass is 35.7. The van der Waals surface area contributed by atoms with Crippen LogP contribution >= 0.6 is 10.7 Å². The summed E-state index contributed by atoms with van der Waals surface area (Å²) in [6.45, 7) is 0.0225. The molecule has 86 valence electrons. The maximum atomic E-state index is 13.4. The molecule has 0 atom stereocenters. The summed E-state index contributed by atoms with van der Waals surface area (Å²) in [6, 6.07) is 1.87. The first-order valence-corrected chi connectivity index (χ1v) is 6.65. The molecule has 0 bridgehead atoms. The fourth-order valence-corrected chi connectivity index (χ4v) is 2.48. The Kier molecular flexibility index (Phi) is 2.63. The van der Waals surface area contributed by atoms with Crippen molar-refractivity contribution in [1.29, 1.82) is 0 Å². The molecule has 0 saturated carbocycles. The van der Waals surface area contributed by atoms with Crippen LogP contribution in [0.3, 0.4) is 0 Å². The van der Waals surface area contributed by atoms with E-state index >= 15 is 0 Å². The highest BCUT2D eigenvalue weighted by molar-refractivity contribution is 8.13. The average Bonchev–Trinajstić information content (AvgIpc) is 2.16. The molecule has 1 aromatic rings. The van der Waals surface area contributed by atoms with Gasteiger partial charge >= 0.3 is 0 Å². The second-order valence-corrected chi connectivity index (χ2v) is 5.74. The van der Waals surface area contributed by atoms with Crippen LogP contribution in [0.2, 0.25) is 0 Å². The number of carbonyl (C=O) groups is 1. The van der Waals surface area contributed by atoms with E-state index in [1.807, 2.05) is 0 Å². The van der Waals surface area contributed by atoms with Crippen LogP contribution < -0.4 is 4.74 Å². The smallest absolute Gasteiger partial charge is 0.265 e. The molecule has 1 aliphatic heterocycles. The Morgan fingerprint density at radius 1 is 1.38 bits per heavy atom. The van der Waals surface area contributed by atoms with Crippen molar-refractivity contribution in [3.8, 4) is 5.75 Å². The third-order valence-electron chi connectivity index (χ3n) is 2.19. The molecule has 1 aromatic carbocycles. The Morgan fingerprint density at radius 2 is 2.06 bits per heavy atom. The Bertz CT molecular complexity index is 567. The van der Waals surface area contributed by atoms with E-state index in [0.717, 1.165) is 12.1 Å². The summed E-state index contributed by atoms with van der Waals surface area (Å²) >= 11 is 0. The third kappa shape index (κ3) is 1.78. The number of carbonyl (C=O) groups excluding carboxylic acids is 1.